The van der Waals surface area contributed by atoms with E-state index in [1.54, 1.807) is 23.1 Å². The summed E-state index contributed by atoms with van der Waals surface area (Å²) in [6.07, 6.45) is 7.11. The van der Waals surface area contributed by atoms with Crippen LogP contribution in [-0.4, -0.2) is 40.7 Å². The van der Waals surface area contributed by atoms with Crippen LogP contribution in [0, 0.1) is 11.3 Å². The molecule has 0 fully saturated rings. The quantitative estimate of drug-likeness (QED) is 0.446. The summed E-state index contributed by atoms with van der Waals surface area (Å²) in [5, 5.41) is 13.6. The molecule has 9 heteroatoms. The molecule has 0 N–H and O–H groups in total. The van der Waals surface area contributed by atoms with Crippen LogP contribution in [0.15, 0.2) is 36.9 Å². The van der Waals surface area contributed by atoms with Crippen LogP contribution in [0.2, 0.25) is 0 Å². The van der Waals surface area contributed by atoms with Crippen LogP contribution >= 0.6 is 0 Å². The Labute approximate surface area is 174 Å². The van der Waals surface area contributed by atoms with Gasteiger partial charge in [0.15, 0.2) is 17.3 Å². The molecule has 9 nitrogen and oxygen atoms in total. The maximum absolute atomic E-state index is 9.14. The van der Waals surface area contributed by atoms with Gasteiger partial charge in [0.2, 0.25) is 0 Å². The Morgan fingerprint density at radius 1 is 1.17 bits per heavy atom. The van der Waals surface area contributed by atoms with Gasteiger partial charge in [0.1, 0.15) is 30.4 Å². The topological polar surface area (TPSA) is 107 Å². The van der Waals surface area contributed by atoms with Gasteiger partial charge in [0, 0.05) is 24.6 Å². The molecule has 4 aromatic heterocycles. The van der Waals surface area contributed by atoms with E-state index in [1.165, 1.54) is 0 Å². The lowest BCUT2D eigenvalue weighted by Gasteiger charge is -2.11. The van der Waals surface area contributed by atoms with E-state index >= 15 is 0 Å². The number of aromatic nitrogens is 7. The fourth-order valence-corrected chi connectivity index (χ4v) is 3.33. The second-order valence-corrected chi connectivity index (χ2v) is 6.75. The number of ether oxygens (including phenoxy) is 1. The van der Waals surface area contributed by atoms with Crippen molar-refractivity contribution in [2.24, 2.45) is 0 Å². The number of nitrogens with zero attached hydrogens (tertiary/aromatic N) is 8. The van der Waals surface area contributed by atoms with E-state index < -0.39 is 0 Å². The normalized spacial score (nSPS) is 11.1. The number of imidazole rings is 1. The molecule has 0 saturated heterocycles. The van der Waals surface area contributed by atoms with Crippen molar-refractivity contribution >= 4 is 5.65 Å². The van der Waals surface area contributed by atoms with E-state index in [-0.39, 0.29) is 0 Å². The van der Waals surface area contributed by atoms with Crippen LogP contribution in [0.1, 0.15) is 43.0 Å². The maximum Gasteiger partial charge on any atom is 0.177 e. The summed E-state index contributed by atoms with van der Waals surface area (Å²) in [5.74, 6) is 1.34. The smallest absolute Gasteiger partial charge is 0.177 e. The van der Waals surface area contributed by atoms with Crippen molar-refractivity contribution in [3.05, 3.63) is 59.7 Å². The van der Waals surface area contributed by atoms with Gasteiger partial charge >= 0.3 is 0 Å². The van der Waals surface area contributed by atoms with Gasteiger partial charge in [-0.25, -0.2) is 24.5 Å². The highest BCUT2D eigenvalue weighted by molar-refractivity contribution is 5.52. The van der Waals surface area contributed by atoms with E-state index in [1.807, 2.05) is 29.8 Å². The lowest BCUT2D eigenvalue weighted by molar-refractivity contribution is 0.128. The molecule has 0 bridgehead atoms. The van der Waals surface area contributed by atoms with Gasteiger partial charge in [-0.2, -0.15) is 5.26 Å². The van der Waals surface area contributed by atoms with Crippen LogP contribution in [0.4, 0.5) is 0 Å². The molecule has 4 aromatic rings. The highest BCUT2D eigenvalue weighted by atomic mass is 16.5. The Balaban J connectivity index is 1.71. The van der Waals surface area contributed by atoms with E-state index in [2.05, 4.69) is 38.0 Å². The summed E-state index contributed by atoms with van der Waals surface area (Å²) in [7, 11) is 0. The molecule has 152 valence electrons. The summed E-state index contributed by atoms with van der Waals surface area (Å²) < 4.78 is 9.15. The van der Waals surface area contributed by atoms with Gasteiger partial charge in [-0.1, -0.05) is 19.4 Å². The lowest BCUT2D eigenvalue weighted by atomic mass is 10.1. The van der Waals surface area contributed by atoms with Crippen LogP contribution < -0.4 is 0 Å². The van der Waals surface area contributed by atoms with E-state index in [4.69, 9.17) is 10.00 Å². The molecule has 0 aromatic carbocycles. The Morgan fingerprint density at radius 2 is 2.07 bits per heavy atom. The molecule has 0 spiro atoms. The fourth-order valence-electron chi connectivity index (χ4n) is 3.33. The van der Waals surface area contributed by atoms with Gasteiger partial charge in [0.05, 0.1) is 12.2 Å². The van der Waals surface area contributed by atoms with Crippen molar-refractivity contribution in [2.75, 3.05) is 6.61 Å². The summed E-state index contributed by atoms with van der Waals surface area (Å²) in [4.78, 5) is 18.2. The van der Waals surface area contributed by atoms with Gasteiger partial charge < -0.3 is 9.30 Å². The Kier molecular flexibility index (Phi) is 5.77. The molecule has 0 aliphatic heterocycles. The third kappa shape index (κ3) is 3.90. The van der Waals surface area contributed by atoms with Crippen molar-refractivity contribution in [1.29, 1.82) is 5.26 Å². The molecule has 0 aliphatic rings. The Bertz CT molecular complexity index is 1200. The summed E-state index contributed by atoms with van der Waals surface area (Å²) >= 11 is 0. The van der Waals surface area contributed by atoms with Crippen LogP contribution in [0.3, 0.4) is 0 Å². The number of nitriles is 1. The van der Waals surface area contributed by atoms with Crippen molar-refractivity contribution in [1.82, 2.24) is 34.1 Å². The van der Waals surface area contributed by atoms with Gasteiger partial charge in [0.25, 0.3) is 0 Å². The fraction of sp³-hybridized carbons (Fsp3) is 0.333. The van der Waals surface area contributed by atoms with Gasteiger partial charge in [-0.05, 0) is 25.5 Å². The van der Waals surface area contributed by atoms with Crippen LogP contribution in [0.5, 0.6) is 0 Å². The number of aryl methyl sites for hydroxylation is 1. The summed E-state index contributed by atoms with van der Waals surface area (Å²) in [6.45, 7) is 5.59. The first-order chi connectivity index (χ1) is 14.7. The van der Waals surface area contributed by atoms with Crippen molar-refractivity contribution in [3.63, 3.8) is 0 Å². The molecule has 30 heavy (non-hydrogen) atoms. The molecule has 4 rings (SSSR count). The molecular formula is C21H22N8O. The molecule has 0 aliphatic carbocycles. The average molecular weight is 402 g/mol. The van der Waals surface area contributed by atoms with Crippen molar-refractivity contribution in [2.45, 2.75) is 39.8 Å². The molecule has 4 heterocycles. The van der Waals surface area contributed by atoms with E-state index in [0.29, 0.717) is 42.8 Å². The number of rotatable bonds is 8. The maximum atomic E-state index is 9.14. The first kappa shape index (κ1) is 19.7. The first-order valence-corrected chi connectivity index (χ1v) is 9.91. The Hall–Kier alpha value is -3.64. The third-order valence-corrected chi connectivity index (χ3v) is 4.68. The highest BCUT2D eigenvalue weighted by Gasteiger charge is 2.16. The van der Waals surface area contributed by atoms with Gasteiger partial charge in [-0.15, -0.1) is 5.10 Å². The molecule has 0 unspecified atom stereocenters. The van der Waals surface area contributed by atoms with Crippen LogP contribution in [0.25, 0.3) is 17.2 Å². The minimum absolute atomic E-state index is 0.360. The zero-order valence-corrected chi connectivity index (χ0v) is 17.0. The zero-order chi connectivity index (χ0) is 20.9. The minimum atomic E-state index is 0.360. The minimum Gasteiger partial charge on any atom is -0.374 e. The Morgan fingerprint density at radius 3 is 2.87 bits per heavy atom. The average Bonchev–Trinajstić information content (AvgIpc) is 3.41. The molecule has 0 atom stereocenters. The van der Waals surface area contributed by atoms with Crippen molar-refractivity contribution < 1.29 is 4.74 Å². The van der Waals surface area contributed by atoms with E-state index in [9.17, 15) is 0 Å². The zero-order valence-electron chi connectivity index (χ0n) is 17.0. The summed E-state index contributed by atoms with van der Waals surface area (Å²) in [5.41, 5.74) is 3.80. The standard InChI is InChI=1S/C21H22N8O/c1-3-6-16-18(24-14-29-20(16)26-19(27-29)13-30-4-2)12-28-10-9-23-21(28)17-8-5-7-15(11-22)25-17/h5,7-10,14H,3-4,6,12-13H2,1-2H3. The lowest BCUT2D eigenvalue weighted by Crippen LogP contribution is -2.09. The monoisotopic (exact) mass is 402 g/mol. The number of pyridine rings is 1. The second kappa shape index (κ2) is 8.80. The molecule has 0 radical (unpaired) electrons. The largest absolute Gasteiger partial charge is 0.374 e. The molecule has 0 saturated carbocycles. The molecular weight excluding hydrogens is 380 g/mol. The number of fused-ring (bicyclic) bond motifs is 1. The van der Waals surface area contributed by atoms with Crippen molar-refractivity contribution in [3.8, 4) is 17.6 Å². The predicted octanol–water partition coefficient (Wildman–Crippen LogP) is 2.79. The summed E-state index contributed by atoms with van der Waals surface area (Å²) in [6, 6.07) is 7.41. The third-order valence-electron chi connectivity index (χ3n) is 4.68. The van der Waals surface area contributed by atoms with Crippen LogP contribution in [-0.2, 0) is 24.3 Å². The van der Waals surface area contributed by atoms with Gasteiger partial charge in [-0.3, -0.25) is 0 Å². The van der Waals surface area contributed by atoms with E-state index in [0.717, 1.165) is 29.7 Å². The highest BCUT2D eigenvalue weighted by Crippen LogP contribution is 2.20. The second-order valence-electron chi connectivity index (χ2n) is 6.75. The number of hydrogen-bond donors (Lipinski definition) is 0. The predicted molar refractivity (Wildman–Crippen MR) is 109 cm³/mol. The first-order valence-electron chi connectivity index (χ1n) is 9.91. The molecule has 0 amide bonds. The SMILES string of the molecule is CCCc1c(Cn2ccnc2-c2cccc(C#N)n2)ncn2nc(COCC)nc12. The number of hydrogen-bond acceptors (Lipinski definition) is 7.